The zero-order chi connectivity index (χ0) is 17.7. The quantitative estimate of drug-likeness (QED) is 0.901. The van der Waals surface area contributed by atoms with Crippen LogP contribution in [0.1, 0.15) is 32.8 Å². The van der Waals surface area contributed by atoms with E-state index in [2.05, 4.69) is 15.6 Å². The number of carbonyl (C=O) groups is 2. The van der Waals surface area contributed by atoms with Gasteiger partial charge in [-0.3, -0.25) is 9.78 Å². The van der Waals surface area contributed by atoms with Crippen LogP contribution in [-0.4, -0.2) is 29.1 Å². The summed E-state index contributed by atoms with van der Waals surface area (Å²) in [6.45, 7) is 7.55. The molecule has 128 valence electrons. The average molecular weight is 329 g/mol. The first-order chi connectivity index (χ1) is 11.3. The average Bonchev–Trinajstić information content (AvgIpc) is 2.48. The summed E-state index contributed by atoms with van der Waals surface area (Å²) in [5.41, 5.74) is 2.07. The summed E-state index contributed by atoms with van der Waals surface area (Å²) in [5, 5.41) is 6.33. The maximum Gasteiger partial charge on any atom is 0.407 e. The Morgan fingerprint density at radius 1 is 1.21 bits per heavy atom. The number of aryl methyl sites for hydroxylation is 1. The van der Waals surface area contributed by atoms with E-state index in [1.54, 1.807) is 27.0 Å². The molecule has 24 heavy (non-hydrogen) atoms. The third-order valence-electron chi connectivity index (χ3n) is 3.27. The third-order valence-corrected chi connectivity index (χ3v) is 3.27. The van der Waals surface area contributed by atoms with Gasteiger partial charge in [0.05, 0.1) is 11.2 Å². The van der Waals surface area contributed by atoms with Crippen molar-refractivity contribution in [3.8, 4) is 0 Å². The number of pyridine rings is 1. The lowest BCUT2D eigenvalue weighted by Gasteiger charge is -2.19. The van der Waals surface area contributed by atoms with Crippen LogP contribution in [0.25, 0.3) is 10.9 Å². The molecule has 2 N–H and O–H groups in total. The van der Waals surface area contributed by atoms with Crippen LogP contribution in [-0.2, 0) is 9.53 Å². The molecule has 0 saturated carbocycles. The van der Waals surface area contributed by atoms with Gasteiger partial charge in [0.2, 0.25) is 5.91 Å². The zero-order valence-electron chi connectivity index (χ0n) is 14.5. The zero-order valence-corrected chi connectivity index (χ0v) is 14.5. The van der Waals surface area contributed by atoms with Crippen LogP contribution in [0, 0.1) is 6.92 Å². The van der Waals surface area contributed by atoms with Gasteiger partial charge in [0, 0.05) is 24.5 Å². The van der Waals surface area contributed by atoms with Crippen LogP contribution in [0.5, 0.6) is 0 Å². The summed E-state index contributed by atoms with van der Waals surface area (Å²) in [6, 6.07) is 7.54. The van der Waals surface area contributed by atoms with Crippen molar-refractivity contribution in [2.24, 2.45) is 0 Å². The Bertz CT molecular complexity index is 751. The van der Waals surface area contributed by atoms with E-state index in [0.717, 1.165) is 16.5 Å². The Labute approximate surface area is 141 Å². The van der Waals surface area contributed by atoms with Crippen molar-refractivity contribution in [2.75, 3.05) is 11.9 Å². The SMILES string of the molecule is Cc1ccc(NC(=O)CCNC(=O)OC(C)(C)C)c2cccnc12. The van der Waals surface area contributed by atoms with E-state index in [1.807, 2.05) is 31.2 Å². The second-order valence-electron chi connectivity index (χ2n) is 6.56. The number of ether oxygens (including phenoxy) is 1. The number of amides is 2. The van der Waals surface area contributed by atoms with Gasteiger partial charge in [-0.15, -0.1) is 0 Å². The number of alkyl carbamates (subject to hydrolysis) is 1. The van der Waals surface area contributed by atoms with E-state index in [9.17, 15) is 9.59 Å². The van der Waals surface area contributed by atoms with E-state index >= 15 is 0 Å². The minimum Gasteiger partial charge on any atom is -0.444 e. The molecule has 0 radical (unpaired) electrons. The largest absolute Gasteiger partial charge is 0.444 e. The minimum atomic E-state index is -0.555. The predicted molar refractivity (Wildman–Crippen MR) is 94.0 cm³/mol. The van der Waals surface area contributed by atoms with E-state index in [-0.39, 0.29) is 18.9 Å². The lowest BCUT2D eigenvalue weighted by molar-refractivity contribution is -0.116. The molecule has 2 amide bonds. The lowest BCUT2D eigenvalue weighted by atomic mass is 10.1. The molecule has 6 heteroatoms. The number of nitrogens with one attached hydrogen (secondary N) is 2. The molecular formula is C18H23N3O3. The molecule has 0 fully saturated rings. The Balaban J connectivity index is 1.92. The number of benzene rings is 1. The molecule has 2 rings (SSSR count). The Hall–Kier alpha value is -2.63. The number of nitrogens with zero attached hydrogens (tertiary/aromatic N) is 1. The minimum absolute atomic E-state index is 0.162. The molecule has 0 atom stereocenters. The second-order valence-corrected chi connectivity index (χ2v) is 6.56. The summed E-state index contributed by atoms with van der Waals surface area (Å²) < 4.78 is 5.12. The molecule has 0 bridgehead atoms. The van der Waals surface area contributed by atoms with Gasteiger partial charge in [-0.25, -0.2) is 4.79 Å². The molecule has 1 aromatic carbocycles. The summed E-state index contributed by atoms with van der Waals surface area (Å²) in [6.07, 6.45) is 1.36. The summed E-state index contributed by atoms with van der Waals surface area (Å²) in [7, 11) is 0. The lowest BCUT2D eigenvalue weighted by Crippen LogP contribution is -2.34. The number of anilines is 1. The van der Waals surface area contributed by atoms with E-state index in [4.69, 9.17) is 4.74 Å². The van der Waals surface area contributed by atoms with Crippen molar-refractivity contribution in [1.29, 1.82) is 0 Å². The molecular weight excluding hydrogens is 306 g/mol. The van der Waals surface area contributed by atoms with E-state index in [1.165, 1.54) is 0 Å². The molecule has 1 heterocycles. The van der Waals surface area contributed by atoms with Crippen molar-refractivity contribution in [2.45, 2.75) is 39.7 Å². The molecule has 0 aliphatic carbocycles. The molecule has 0 aliphatic heterocycles. The standard InChI is InChI=1S/C18H23N3O3/c1-12-7-8-14(13-6-5-10-19-16(12)13)21-15(22)9-11-20-17(23)24-18(2,3)4/h5-8,10H,9,11H2,1-4H3,(H,20,23)(H,21,22). The molecule has 0 aliphatic rings. The number of aromatic nitrogens is 1. The normalized spacial score (nSPS) is 11.2. The number of hydrogen-bond donors (Lipinski definition) is 2. The summed E-state index contributed by atoms with van der Waals surface area (Å²) in [5.74, 6) is -0.180. The fourth-order valence-corrected chi connectivity index (χ4v) is 2.23. The van der Waals surface area contributed by atoms with Crippen LogP contribution in [0.15, 0.2) is 30.5 Å². The van der Waals surface area contributed by atoms with Crippen molar-refractivity contribution in [3.05, 3.63) is 36.0 Å². The highest BCUT2D eigenvalue weighted by Crippen LogP contribution is 2.24. The van der Waals surface area contributed by atoms with Gasteiger partial charge in [0.25, 0.3) is 0 Å². The maximum atomic E-state index is 12.1. The van der Waals surface area contributed by atoms with E-state index < -0.39 is 11.7 Å². The van der Waals surface area contributed by atoms with Crippen LogP contribution < -0.4 is 10.6 Å². The van der Waals surface area contributed by atoms with Gasteiger partial charge < -0.3 is 15.4 Å². The fourth-order valence-electron chi connectivity index (χ4n) is 2.23. The molecule has 6 nitrogen and oxygen atoms in total. The van der Waals surface area contributed by atoms with Gasteiger partial charge in [-0.1, -0.05) is 6.07 Å². The topological polar surface area (TPSA) is 80.3 Å². The van der Waals surface area contributed by atoms with Gasteiger partial charge >= 0.3 is 6.09 Å². The molecule has 0 spiro atoms. The number of rotatable bonds is 4. The Morgan fingerprint density at radius 2 is 1.96 bits per heavy atom. The van der Waals surface area contributed by atoms with Crippen LogP contribution >= 0.6 is 0 Å². The number of carbonyl (C=O) groups excluding carboxylic acids is 2. The van der Waals surface area contributed by atoms with Crippen molar-refractivity contribution in [1.82, 2.24) is 10.3 Å². The third kappa shape index (κ3) is 4.94. The van der Waals surface area contributed by atoms with Crippen LogP contribution in [0.2, 0.25) is 0 Å². The van der Waals surface area contributed by atoms with Crippen LogP contribution in [0.4, 0.5) is 10.5 Å². The van der Waals surface area contributed by atoms with Gasteiger partial charge in [0.1, 0.15) is 5.60 Å². The predicted octanol–water partition coefficient (Wildman–Crippen LogP) is 3.40. The van der Waals surface area contributed by atoms with Crippen molar-refractivity contribution < 1.29 is 14.3 Å². The van der Waals surface area contributed by atoms with Crippen molar-refractivity contribution in [3.63, 3.8) is 0 Å². The maximum absolute atomic E-state index is 12.1. The van der Waals surface area contributed by atoms with E-state index in [0.29, 0.717) is 5.69 Å². The van der Waals surface area contributed by atoms with Gasteiger partial charge in [0.15, 0.2) is 0 Å². The molecule has 1 aromatic heterocycles. The van der Waals surface area contributed by atoms with Crippen molar-refractivity contribution >= 4 is 28.6 Å². The van der Waals surface area contributed by atoms with Gasteiger partial charge in [-0.05, 0) is 51.5 Å². The fraction of sp³-hybridized carbons (Fsp3) is 0.389. The Morgan fingerprint density at radius 3 is 2.67 bits per heavy atom. The molecule has 0 unspecified atom stereocenters. The number of hydrogen-bond acceptors (Lipinski definition) is 4. The summed E-state index contributed by atoms with van der Waals surface area (Å²) >= 11 is 0. The monoisotopic (exact) mass is 329 g/mol. The second kappa shape index (κ2) is 7.29. The van der Waals surface area contributed by atoms with Crippen LogP contribution in [0.3, 0.4) is 0 Å². The summed E-state index contributed by atoms with van der Waals surface area (Å²) in [4.78, 5) is 28.0. The highest BCUT2D eigenvalue weighted by Gasteiger charge is 2.16. The first kappa shape index (κ1) is 17.7. The first-order valence-electron chi connectivity index (χ1n) is 7.87. The first-order valence-corrected chi connectivity index (χ1v) is 7.87. The Kier molecular flexibility index (Phi) is 5.39. The smallest absolute Gasteiger partial charge is 0.407 e. The number of fused-ring (bicyclic) bond motifs is 1. The highest BCUT2D eigenvalue weighted by atomic mass is 16.6. The van der Waals surface area contributed by atoms with Gasteiger partial charge in [-0.2, -0.15) is 0 Å². The highest BCUT2D eigenvalue weighted by molar-refractivity contribution is 6.01. The molecule has 0 saturated heterocycles. The molecule has 2 aromatic rings.